The van der Waals surface area contributed by atoms with Crippen molar-refractivity contribution in [3.63, 3.8) is 0 Å². The number of hydrogen-bond donors (Lipinski definition) is 1. The van der Waals surface area contributed by atoms with Crippen molar-refractivity contribution in [2.24, 2.45) is 0 Å². The molecule has 1 aliphatic rings. The molecular weight excluding hydrogens is 194 g/mol. The summed E-state index contributed by atoms with van der Waals surface area (Å²) < 4.78 is 0. The highest BCUT2D eigenvalue weighted by Crippen LogP contribution is 2.34. The minimum absolute atomic E-state index is 0.0455. The predicted molar refractivity (Wildman–Crippen MR) is 70.5 cm³/mol. The number of benzene rings is 1. The molecule has 0 bridgehead atoms. The van der Waals surface area contributed by atoms with Gasteiger partial charge in [-0.05, 0) is 50.8 Å². The van der Waals surface area contributed by atoms with Gasteiger partial charge in [-0.1, -0.05) is 30.8 Å². The summed E-state index contributed by atoms with van der Waals surface area (Å²) in [5.41, 5.74) is 3.96. The van der Waals surface area contributed by atoms with Gasteiger partial charge in [0.15, 0.2) is 0 Å². The molecule has 1 heterocycles. The molecule has 0 amide bonds. The average Bonchev–Trinajstić information content (AvgIpc) is 2.20. The van der Waals surface area contributed by atoms with Crippen LogP contribution in [0.15, 0.2) is 30.8 Å². The highest BCUT2D eigenvalue weighted by atomic mass is 15.0. The molecule has 1 aromatic rings. The second-order valence-electron chi connectivity index (χ2n) is 5.95. The molecule has 2 rings (SSSR count). The summed E-state index contributed by atoms with van der Waals surface area (Å²) in [4.78, 5) is 0. The predicted octanol–water partition coefficient (Wildman–Crippen LogP) is 3.40. The van der Waals surface area contributed by atoms with Crippen LogP contribution < -0.4 is 5.32 Å². The first-order valence-corrected chi connectivity index (χ1v) is 5.89. The van der Waals surface area contributed by atoms with Crippen molar-refractivity contribution < 1.29 is 0 Å². The van der Waals surface area contributed by atoms with Crippen LogP contribution in [0.25, 0.3) is 5.57 Å². The number of hydrogen-bond acceptors (Lipinski definition) is 1. The van der Waals surface area contributed by atoms with Crippen LogP contribution in [0.3, 0.4) is 0 Å². The van der Waals surface area contributed by atoms with E-state index in [1.807, 2.05) is 0 Å². The summed E-state index contributed by atoms with van der Waals surface area (Å²) in [6.45, 7) is 13.2. The first kappa shape index (κ1) is 11.4. The molecule has 1 N–H and O–H groups in total. The molecule has 0 saturated carbocycles. The summed E-state index contributed by atoms with van der Waals surface area (Å²) in [7, 11) is 0. The van der Waals surface area contributed by atoms with E-state index in [1.165, 1.54) is 16.7 Å². The summed E-state index contributed by atoms with van der Waals surface area (Å²) >= 11 is 0. The van der Waals surface area contributed by atoms with Gasteiger partial charge in [-0.25, -0.2) is 0 Å². The van der Waals surface area contributed by atoms with Crippen LogP contribution in [0, 0.1) is 0 Å². The van der Waals surface area contributed by atoms with Crippen molar-refractivity contribution in [3.8, 4) is 0 Å². The summed E-state index contributed by atoms with van der Waals surface area (Å²) in [5, 5.41) is 3.69. The number of fused-ring (bicyclic) bond motifs is 1. The Morgan fingerprint density at radius 1 is 1.12 bits per heavy atom. The van der Waals surface area contributed by atoms with Gasteiger partial charge in [-0.15, -0.1) is 0 Å². The Hall–Kier alpha value is -1.08. The molecule has 1 aliphatic heterocycles. The van der Waals surface area contributed by atoms with Crippen molar-refractivity contribution in [1.29, 1.82) is 0 Å². The Morgan fingerprint density at radius 3 is 2.44 bits per heavy atom. The van der Waals surface area contributed by atoms with Crippen LogP contribution in [-0.4, -0.2) is 11.1 Å². The normalized spacial score (nSPS) is 22.4. The van der Waals surface area contributed by atoms with Crippen LogP contribution in [0.4, 0.5) is 0 Å². The second kappa shape index (κ2) is 3.46. The number of nitrogens with one attached hydrogen (secondary N) is 1. The molecule has 0 atom stereocenters. The monoisotopic (exact) mass is 215 g/mol. The Morgan fingerprint density at radius 2 is 1.75 bits per heavy atom. The fourth-order valence-corrected chi connectivity index (χ4v) is 2.75. The molecule has 1 heteroatoms. The summed E-state index contributed by atoms with van der Waals surface area (Å²) in [5.74, 6) is 0. The van der Waals surface area contributed by atoms with Gasteiger partial charge in [0.2, 0.25) is 0 Å². The fourth-order valence-electron chi connectivity index (χ4n) is 2.75. The Bertz CT molecular complexity index is 427. The van der Waals surface area contributed by atoms with E-state index in [0.29, 0.717) is 0 Å². The molecule has 0 saturated heterocycles. The van der Waals surface area contributed by atoms with Gasteiger partial charge in [0.05, 0.1) is 0 Å². The van der Waals surface area contributed by atoms with Gasteiger partial charge in [-0.3, -0.25) is 0 Å². The van der Waals surface area contributed by atoms with E-state index in [0.717, 1.165) is 6.42 Å². The van der Waals surface area contributed by atoms with E-state index in [-0.39, 0.29) is 11.1 Å². The molecule has 0 aromatic heterocycles. The van der Waals surface area contributed by atoms with E-state index in [4.69, 9.17) is 0 Å². The van der Waals surface area contributed by atoms with E-state index in [9.17, 15) is 0 Å². The minimum Gasteiger partial charge on any atom is -0.303 e. The minimum atomic E-state index is -0.0455. The van der Waals surface area contributed by atoms with Gasteiger partial charge in [-0.2, -0.15) is 0 Å². The number of rotatable bonds is 0. The van der Waals surface area contributed by atoms with Gasteiger partial charge in [0, 0.05) is 11.1 Å². The Balaban J connectivity index is 2.58. The van der Waals surface area contributed by atoms with E-state index >= 15 is 0 Å². The average molecular weight is 215 g/mol. The van der Waals surface area contributed by atoms with E-state index in [1.54, 1.807) is 0 Å². The molecule has 16 heavy (non-hydrogen) atoms. The molecule has 0 spiro atoms. The van der Waals surface area contributed by atoms with Crippen molar-refractivity contribution in [2.75, 3.05) is 0 Å². The highest BCUT2D eigenvalue weighted by molar-refractivity contribution is 5.73. The van der Waals surface area contributed by atoms with Crippen molar-refractivity contribution in [3.05, 3.63) is 42.0 Å². The topological polar surface area (TPSA) is 12.0 Å². The fraction of sp³-hybridized carbons (Fsp3) is 0.467. The Kier molecular flexibility index (Phi) is 2.47. The molecule has 86 valence electrons. The van der Waals surface area contributed by atoms with Gasteiger partial charge in [0.25, 0.3) is 0 Å². The zero-order valence-electron chi connectivity index (χ0n) is 10.7. The van der Waals surface area contributed by atoms with Crippen LogP contribution in [-0.2, 0) is 6.42 Å². The molecule has 0 unspecified atom stereocenters. The van der Waals surface area contributed by atoms with Gasteiger partial charge in [0.1, 0.15) is 0 Å². The van der Waals surface area contributed by atoms with Gasteiger partial charge >= 0.3 is 0 Å². The maximum absolute atomic E-state index is 4.27. The molecule has 1 nitrogen and oxygen atoms in total. The maximum atomic E-state index is 4.27. The SMILES string of the molecule is C=C1c2ccccc2CC(C)(C)NC1(C)C. The summed E-state index contributed by atoms with van der Waals surface area (Å²) in [6, 6.07) is 8.60. The zero-order valence-corrected chi connectivity index (χ0v) is 10.7. The van der Waals surface area contributed by atoms with E-state index in [2.05, 4.69) is 63.9 Å². The smallest absolute Gasteiger partial charge is 0.0382 e. The molecule has 0 aliphatic carbocycles. The zero-order chi connectivity index (χ0) is 12.0. The maximum Gasteiger partial charge on any atom is 0.0382 e. The Labute approximate surface area is 98.6 Å². The summed E-state index contributed by atoms with van der Waals surface area (Å²) in [6.07, 6.45) is 1.05. The molecule has 0 fully saturated rings. The van der Waals surface area contributed by atoms with Crippen molar-refractivity contribution in [1.82, 2.24) is 5.32 Å². The third-order valence-electron chi connectivity index (χ3n) is 3.38. The lowest BCUT2D eigenvalue weighted by Crippen LogP contribution is -2.51. The van der Waals surface area contributed by atoms with Crippen LogP contribution >= 0.6 is 0 Å². The van der Waals surface area contributed by atoms with Crippen molar-refractivity contribution in [2.45, 2.75) is 45.2 Å². The lowest BCUT2D eigenvalue weighted by atomic mass is 9.88. The first-order chi connectivity index (χ1) is 7.32. The lowest BCUT2D eigenvalue weighted by Gasteiger charge is -2.35. The third-order valence-corrected chi connectivity index (χ3v) is 3.38. The van der Waals surface area contributed by atoms with Crippen LogP contribution in [0.1, 0.15) is 38.8 Å². The second-order valence-corrected chi connectivity index (χ2v) is 5.95. The molecule has 1 aromatic carbocycles. The quantitative estimate of drug-likeness (QED) is 0.699. The standard InChI is InChI=1S/C15H21N/c1-11-13-9-7-6-8-12(13)10-14(2,3)16-15(11,4)5/h6-9,16H,1,10H2,2-5H3. The highest BCUT2D eigenvalue weighted by Gasteiger charge is 2.34. The van der Waals surface area contributed by atoms with Crippen molar-refractivity contribution >= 4 is 5.57 Å². The lowest BCUT2D eigenvalue weighted by molar-refractivity contribution is 0.318. The van der Waals surface area contributed by atoms with Gasteiger partial charge < -0.3 is 5.32 Å². The van der Waals surface area contributed by atoms with E-state index < -0.39 is 0 Å². The first-order valence-electron chi connectivity index (χ1n) is 5.89. The van der Waals surface area contributed by atoms with Crippen LogP contribution in [0.5, 0.6) is 0 Å². The third kappa shape index (κ3) is 1.92. The largest absolute Gasteiger partial charge is 0.303 e. The molecule has 0 radical (unpaired) electrons. The molecular formula is C15H21N. The van der Waals surface area contributed by atoms with Crippen LogP contribution in [0.2, 0.25) is 0 Å².